The number of rotatable bonds is 1. The molecule has 4 heteroatoms. The number of hydrogen-bond acceptors (Lipinski definition) is 4. The van der Waals surface area contributed by atoms with Gasteiger partial charge in [0.05, 0.1) is 5.92 Å². The van der Waals surface area contributed by atoms with Gasteiger partial charge in [-0.15, -0.1) is 0 Å². The largest absolute Gasteiger partial charge is 0.299 e. The summed E-state index contributed by atoms with van der Waals surface area (Å²) in [6, 6.07) is 3.86. The van der Waals surface area contributed by atoms with E-state index < -0.39 is 0 Å². The second kappa shape index (κ2) is 5.27. The first-order valence-corrected chi connectivity index (χ1v) is 8.02. The van der Waals surface area contributed by atoms with E-state index in [-0.39, 0.29) is 23.4 Å². The lowest BCUT2D eigenvalue weighted by Crippen LogP contribution is -2.39. The number of hydrogen-bond donors (Lipinski definition) is 0. The smallest absolute Gasteiger partial charge is 0.161 e. The molecule has 1 aliphatic heterocycles. The summed E-state index contributed by atoms with van der Waals surface area (Å²) in [4.78, 5) is 34.0. The van der Waals surface area contributed by atoms with Crippen molar-refractivity contribution < 1.29 is 9.59 Å². The molecule has 3 aliphatic rings. The highest BCUT2D eigenvalue weighted by atomic mass is 16.1. The van der Waals surface area contributed by atoms with E-state index in [1.54, 1.807) is 12.4 Å². The van der Waals surface area contributed by atoms with Crippen LogP contribution in [0.2, 0.25) is 0 Å². The number of Topliss-reactive ketones (excluding diaryl/α,β-unsaturated/α-hetero) is 2. The summed E-state index contributed by atoms with van der Waals surface area (Å²) in [5.74, 6) is -0.0318. The maximum atomic E-state index is 12.6. The maximum absolute atomic E-state index is 12.6. The molecule has 2 heterocycles. The first kappa shape index (κ1) is 13.6. The minimum atomic E-state index is -0.251. The quantitative estimate of drug-likeness (QED) is 0.800. The van der Waals surface area contributed by atoms with Gasteiger partial charge in [0, 0.05) is 48.1 Å². The predicted octanol–water partition coefficient (Wildman–Crippen LogP) is 3.00. The van der Waals surface area contributed by atoms with E-state index in [0.29, 0.717) is 12.8 Å². The first-order chi connectivity index (χ1) is 10.8. The monoisotopic (exact) mass is 294 g/mol. The van der Waals surface area contributed by atoms with Crippen LogP contribution in [0.1, 0.15) is 50.0 Å². The molecule has 1 saturated carbocycles. The third kappa shape index (κ3) is 2.05. The average Bonchev–Trinajstić information content (AvgIpc) is 2.54. The van der Waals surface area contributed by atoms with E-state index in [2.05, 4.69) is 4.98 Å². The zero-order valence-corrected chi connectivity index (χ0v) is 12.4. The summed E-state index contributed by atoms with van der Waals surface area (Å²) in [5, 5.41) is 0. The second-order valence-electron chi connectivity index (χ2n) is 6.30. The molecule has 2 aliphatic carbocycles. The number of aromatic nitrogens is 1. The van der Waals surface area contributed by atoms with Crippen molar-refractivity contribution in [2.75, 3.05) is 0 Å². The summed E-state index contributed by atoms with van der Waals surface area (Å²) < 4.78 is 0. The molecule has 4 nitrogen and oxygen atoms in total. The van der Waals surface area contributed by atoms with E-state index in [1.165, 1.54) is 0 Å². The van der Waals surface area contributed by atoms with Crippen LogP contribution in [0.4, 0.5) is 0 Å². The van der Waals surface area contributed by atoms with E-state index in [1.807, 2.05) is 12.1 Å². The third-order valence-corrected chi connectivity index (χ3v) is 4.96. The van der Waals surface area contributed by atoms with E-state index in [0.717, 1.165) is 48.2 Å². The molecule has 1 aromatic heterocycles. The summed E-state index contributed by atoms with van der Waals surface area (Å²) in [7, 11) is 0. The van der Waals surface area contributed by atoms with Gasteiger partial charge in [-0.25, -0.2) is 0 Å². The zero-order valence-electron chi connectivity index (χ0n) is 12.4. The molecule has 0 saturated heterocycles. The molecule has 22 heavy (non-hydrogen) atoms. The molecule has 112 valence electrons. The number of carbonyl (C=O) groups excluding carboxylic acids is 2. The minimum absolute atomic E-state index is 0.163. The Morgan fingerprint density at radius 3 is 2.68 bits per heavy atom. The number of ketones is 2. The molecule has 0 spiro atoms. The summed E-state index contributed by atoms with van der Waals surface area (Å²) in [6.45, 7) is 0. The summed E-state index contributed by atoms with van der Waals surface area (Å²) >= 11 is 0. The van der Waals surface area contributed by atoms with Crippen molar-refractivity contribution in [2.24, 2.45) is 10.9 Å². The Kier molecular flexibility index (Phi) is 3.25. The van der Waals surface area contributed by atoms with E-state index >= 15 is 0 Å². The normalized spacial score (nSPS) is 28.1. The van der Waals surface area contributed by atoms with E-state index in [4.69, 9.17) is 4.99 Å². The second-order valence-corrected chi connectivity index (χ2v) is 6.30. The predicted molar refractivity (Wildman–Crippen MR) is 82.6 cm³/mol. The molecule has 0 bridgehead atoms. The van der Waals surface area contributed by atoms with Gasteiger partial charge in [0.15, 0.2) is 5.78 Å². The topological polar surface area (TPSA) is 59.4 Å². The van der Waals surface area contributed by atoms with Crippen LogP contribution >= 0.6 is 0 Å². The number of carbonyl (C=O) groups is 2. The van der Waals surface area contributed by atoms with Crippen LogP contribution in [0.25, 0.3) is 0 Å². The van der Waals surface area contributed by atoms with Gasteiger partial charge in [-0.1, -0.05) is 6.07 Å². The highest BCUT2D eigenvalue weighted by Crippen LogP contribution is 2.45. The molecule has 1 fully saturated rings. The molecule has 0 aromatic carbocycles. The van der Waals surface area contributed by atoms with Crippen LogP contribution in [0, 0.1) is 5.92 Å². The fourth-order valence-electron chi connectivity index (χ4n) is 4.02. The Labute approximate surface area is 129 Å². The van der Waals surface area contributed by atoms with Crippen LogP contribution in [0.15, 0.2) is 40.8 Å². The van der Waals surface area contributed by atoms with Gasteiger partial charge in [0.25, 0.3) is 0 Å². The number of allylic oxidation sites excluding steroid dienone is 2. The lowest BCUT2D eigenvalue weighted by atomic mass is 9.67. The number of aliphatic imine (C=N–C) groups is 1. The Balaban J connectivity index is 1.90. The molecular weight excluding hydrogens is 276 g/mol. The molecule has 2 atom stereocenters. The highest BCUT2D eigenvalue weighted by Gasteiger charge is 2.44. The van der Waals surface area contributed by atoms with Crippen LogP contribution < -0.4 is 0 Å². The van der Waals surface area contributed by atoms with E-state index in [9.17, 15) is 9.59 Å². The molecule has 0 N–H and O–H groups in total. The van der Waals surface area contributed by atoms with Crippen molar-refractivity contribution in [1.82, 2.24) is 4.98 Å². The molecule has 4 rings (SSSR count). The molecule has 0 radical (unpaired) electrons. The van der Waals surface area contributed by atoms with Crippen molar-refractivity contribution >= 4 is 17.3 Å². The summed E-state index contributed by atoms with van der Waals surface area (Å²) in [6.07, 6.45) is 8.15. The Hall–Kier alpha value is -2.10. The van der Waals surface area contributed by atoms with Crippen molar-refractivity contribution in [3.8, 4) is 0 Å². The highest BCUT2D eigenvalue weighted by molar-refractivity contribution is 6.12. The van der Waals surface area contributed by atoms with Gasteiger partial charge in [-0.2, -0.15) is 0 Å². The summed E-state index contributed by atoms with van der Waals surface area (Å²) in [5.41, 5.74) is 3.66. The standard InChI is InChI=1S/C18H18N2O2/c21-14-7-1-5-12-17(14)16(11-4-3-9-19-10-11)18-13(20-12)6-2-8-15(18)22/h3-4,9-10,16-17H,1-2,5-8H2. The van der Waals surface area contributed by atoms with Crippen LogP contribution in [0.5, 0.6) is 0 Å². The van der Waals surface area contributed by atoms with Crippen LogP contribution in [-0.2, 0) is 9.59 Å². The van der Waals surface area contributed by atoms with Crippen molar-refractivity contribution in [1.29, 1.82) is 0 Å². The van der Waals surface area contributed by atoms with Gasteiger partial charge in [-0.3, -0.25) is 19.6 Å². The van der Waals surface area contributed by atoms with Crippen LogP contribution in [0.3, 0.4) is 0 Å². The van der Waals surface area contributed by atoms with Gasteiger partial charge in [0.2, 0.25) is 0 Å². The number of pyridine rings is 1. The average molecular weight is 294 g/mol. The fraction of sp³-hybridized carbons (Fsp3) is 0.444. The molecule has 2 unspecified atom stereocenters. The first-order valence-electron chi connectivity index (χ1n) is 8.02. The fourth-order valence-corrected chi connectivity index (χ4v) is 4.02. The van der Waals surface area contributed by atoms with Gasteiger partial charge in [-0.05, 0) is 37.3 Å². The third-order valence-electron chi connectivity index (χ3n) is 4.96. The Morgan fingerprint density at radius 1 is 1.00 bits per heavy atom. The Bertz CT molecular complexity index is 703. The Morgan fingerprint density at radius 2 is 1.86 bits per heavy atom. The molecule has 1 aromatic rings. The molecule has 0 amide bonds. The molecular formula is C18H18N2O2. The number of nitrogens with zero attached hydrogens (tertiary/aromatic N) is 2. The number of fused-ring (bicyclic) bond motifs is 1. The minimum Gasteiger partial charge on any atom is -0.299 e. The van der Waals surface area contributed by atoms with Gasteiger partial charge in [0.1, 0.15) is 5.78 Å². The lowest BCUT2D eigenvalue weighted by molar-refractivity contribution is -0.122. The van der Waals surface area contributed by atoms with Crippen LogP contribution in [-0.4, -0.2) is 22.3 Å². The van der Waals surface area contributed by atoms with Crippen molar-refractivity contribution in [3.63, 3.8) is 0 Å². The maximum Gasteiger partial charge on any atom is 0.161 e. The van der Waals surface area contributed by atoms with Crippen molar-refractivity contribution in [2.45, 2.75) is 44.4 Å². The lowest BCUT2D eigenvalue weighted by Gasteiger charge is -2.37. The van der Waals surface area contributed by atoms with Crippen molar-refractivity contribution in [3.05, 3.63) is 41.4 Å². The SMILES string of the molecule is O=C1CCCC2=C1C(c1cccnc1)C1C(=O)CCCC1=N2. The zero-order chi connectivity index (χ0) is 15.1. The van der Waals surface area contributed by atoms with Gasteiger partial charge < -0.3 is 0 Å². The van der Waals surface area contributed by atoms with Gasteiger partial charge >= 0.3 is 0 Å².